The van der Waals surface area contributed by atoms with Crippen LogP contribution in [0.3, 0.4) is 0 Å². The van der Waals surface area contributed by atoms with Crippen molar-refractivity contribution in [3.63, 3.8) is 0 Å². The van der Waals surface area contributed by atoms with Crippen molar-refractivity contribution in [3.8, 4) is 0 Å². The molecule has 0 radical (unpaired) electrons. The highest BCUT2D eigenvalue weighted by Gasteiger charge is 2.31. The van der Waals surface area contributed by atoms with Crippen LogP contribution in [0.5, 0.6) is 0 Å². The quantitative estimate of drug-likeness (QED) is 0.170. The molecule has 4 heteroatoms. The first-order valence-corrected chi connectivity index (χ1v) is 12.8. The van der Waals surface area contributed by atoms with Gasteiger partial charge in [0.2, 0.25) is 0 Å². The van der Waals surface area contributed by atoms with Gasteiger partial charge in [-0.25, -0.2) is 4.79 Å². The van der Waals surface area contributed by atoms with Gasteiger partial charge in [0.1, 0.15) is 0 Å². The lowest BCUT2D eigenvalue weighted by Crippen LogP contribution is -2.53. The van der Waals surface area contributed by atoms with Crippen molar-refractivity contribution >= 4 is 19.1 Å². The van der Waals surface area contributed by atoms with Crippen molar-refractivity contribution in [3.05, 3.63) is 35.5 Å². The molecule has 0 heterocycles. The van der Waals surface area contributed by atoms with Crippen molar-refractivity contribution in [1.82, 2.24) is 0 Å². The fourth-order valence-corrected chi connectivity index (χ4v) is 6.10. The van der Waals surface area contributed by atoms with E-state index in [9.17, 15) is 10.0 Å². The second kappa shape index (κ2) is 12.7. The minimum Gasteiger partial charge on any atom is -0.625 e. The van der Waals surface area contributed by atoms with E-state index in [2.05, 4.69) is 38.1 Å². The Morgan fingerprint density at radius 2 is 1.46 bits per heavy atom. The second-order valence-electron chi connectivity index (χ2n) is 9.44. The molecule has 1 rings (SSSR count). The topological polar surface area (TPSA) is 40.1 Å². The van der Waals surface area contributed by atoms with Gasteiger partial charge >= 0.3 is 5.91 Å². The fourth-order valence-electron chi connectivity index (χ4n) is 3.72. The average Bonchev–Trinajstić information content (AvgIpc) is 2.59. The van der Waals surface area contributed by atoms with Crippen LogP contribution in [0.1, 0.15) is 67.2 Å². The number of amides is 1. The molecule has 0 spiro atoms. The molecule has 0 aromatic heterocycles. The molecule has 1 unspecified atom stereocenters. The zero-order valence-corrected chi connectivity index (χ0v) is 19.9. The predicted molar refractivity (Wildman–Crippen MR) is 124 cm³/mol. The molecule has 3 nitrogen and oxygen atoms in total. The molecular formula is C24H42NO2P. The number of hydrogen-bond donors (Lipinski definition) is 0. The maximum Gasteiger partial charge on any atom is 0.318 e. The molecule has 0 aliphatic heterocycles. The molecule has 0 saturated heterocycles. The van der Waals surface area contributed by atoms with Crippen LogP contribution >= 0.6 is 7.92 Å². The van der Waals surface area contributed by atoms with Gasteiger partial charge < -0.3 is 5.21 Å². The Morgan fingerprint density at radius 3 is 1.96 bits per heavy atom. The van der Waals surface area contributed by atoms with E-state index in [4.69, 9.17) is 0 Å². The molecule has 1 aromatic carbocycles. The number of carbonyl (C=O) groups is 1. The number of benzene rings is 1. The predicted octanol–water partition coefficient (Wildman–Crippen LogP) is 6.16. The van der Waals surface area contributed by atoms with Gasteiger partial charge in [-0.1, -0.05) is 99.1 Å². The zero-order valence-electron chi connectivity index (χ0n) is 19.0. The third-order valence-corrected chi connectivity index (χ3v) is 7.47. The highest BCUT2D eigenvalue weighted by atomic mass is 31.1. The summed E-state index contributed by atoms with van der Waals surface area (Å²) in [4.78, 5) is 13.2. The fraction of sp³-hybridized carbons (Fsp3) is 0.708. The molecule has 1 amide bonds. The molecule has 1 aromatic rings. The first-order valence-electron chi connectivity index (χ1n) is 11.1. The summed E-state index contributed by atoms with van der Waals surface area (Å²) in [5.74, 6) is 1.08. The largest absolute Gasteiger partial charge is 0.625 e. The minimum absolute atomic E-state index is 0.112. The van der Waals surface area contributed by atoms with Gasteiger partial charge in [-0.2, -0.15) is 0 Å². The van der Waals surface area contributed by atoms with Gasteiger partial charge in [0, 0.05) is 11.8 Å². The lowest BCUT2D eigenvalue weighted by Gasteiger charge is -2.43. The first-order chi connectivity index (χ1) is 13.1. The molecule has 0 bridgehead atoms. The molecule has 0 aliphatic carbocycles. The van der Waals surface area contributed by atoms with Crippen molar-refractivity contribution in [2.24, 2.45) is 17.8 Å². The Morgan fingerprint density at radius 1 is 0.893 bits per heavy atom. The van der Waals surface area contributed by atoms with Gasteiger partial charge in [0.15, 0.2) is 0 Å². The van der Waals surface area contributed by atoms with Crippen molar-refractivity contribution in [2.75, 3.05) is 25.4 Å². The van der Waals surface area contributed by atoms with E-state index in [1.54, 1.807) is 0 Å². The average molecular weight is 408 g/mol. The first kappa shape index (κ1) is 25.3. The number of unbranched alkanes of at least 4 members (excludes halogenated alkanes) is 2. The van der Waals surface area contributed by atoms with E-state index < -0.39 is 12.6 Å². The molecule has 0 aliphatic rings. The van der Waals surface area contributed by atoms with E-state index in [1.165, 1.54) is 24.6 Å². The van der Waals surface area contributed by atoms with Crippen LogP contribution in [0.15, 0.2) is 30.3 Å². The molecule has 28 heavy (non-hydrogen) atoms. The Bertz CT molecular complexity index is 547. The summed E-state index contributed by atoms with van der Waals surface area (Å²) in [6.07, 6.45) is 6.36. The van der Waals surface area contributed by atoms with Crippen LogP contribution in [0.25, 0.3) is 0 Å². The molecular weight excluding hydrogens is 365 g/mol. The summed E-state index contributed by atoms with van der Waals surface area (Å²) < 4.78 is -0.658. The third-order valence-electron chi connectivity index (χ3n) is 4.93. The summed E-state index contributed by atoms with van der Waals surface area (Å²) in [5, 5.41) is 14.7. The highest BCUT2D eigenvalue weighted by Crippen LogP contribution is 2.37. The minimum atomic E-state index is -0.658. The van der Waals surface area contributed by atoms with E-state index >= 15 is 0 Å². The van der Waals surface area contributed by atoms with Crippen molar-refractivity contribution in [1.29, 1.82) is 0 Å². The monoisotopic (exact) mass is 407 g/mol. The van der Waals surface area contributed by atoms with E-state index in [0.717, 1.165) is 18.5 Å². The number of rotatable bonds is 13. The third kappa shape index (κ3) is 9.63. The SMILES string of the molecule is CC(C)CCCCCP(CC(=O)[N+]([O-])(CC(C)C)CC(C)C)c1ccccc1. The highest BCUT2D eigenvalue weighted by molar-refractivity contribution is 7.66. The standard InChI is InChI=1S/C24H42NO2P/c1-20(2)13-9-8-12-16-28(23-14-10-7-11-15-23)19-24(26)25(27,17-21(3)4)18-22(5)6/h7,10-11,14-15,20-22H,8-9,12-13,16-19H2,1-6H3. The molecule has 0 N–H and O–H groups in total. The van der Waals surface area contributed by atoms with Gasteiger partial charge in [0.05, 0.1) is 19.3 Å². The van der Waals surface area contributed by atoms with Crippen LogP contribution in [0.4, 0.5) is 0 Å². The van der Waals surface area contributed by atoms with Crippen LogP contribution in [0, 0.1) is 23.0 Å². The number of nitrogens with zero attached hydrogens (tertiary/aromatic N) is 1. The number of quaternary nitrogens is 1. The van der Waals surface area contributed by atoms with Gasteiger partial charge in [-0.05, 0) is 23.8 Å². The van der Waals surface area contributed by atoms with Crippen LogP contribution in [0.2, 0.25) is 0 Å². The normalized spacial score (nSPS) is 13.5. The maximum atomic E-state index is 13.4. The van der Waals surface area contributed by atoms with E-state index in [0.29, 0.717) is 19.3 Å². The molecule has 160 valence electrons. The van der Waals surface area contributed by atoms with Gasteiger partial charge in [0.25, 0.3) is 0 Å². The molecule has 0 fully saturated rings. The summed E-state index contributed by atoms with van der Waals surface area (Å²) in [6, 6.07) is 10.4. The number of hydrogen-bond acceptors (Lipinski definition) is 2. The Kier molecular flexibility index (Phi) is 11.5. The van der Waals surface area contributed by atoms with Gasteiger partial charge in [-0.3, -0.25) is 4.65 Å². The Hall–Kier alpha value is -0.760. The Labute approximate surface area is 174 Å². The van der Waals surface area contributed by atoms with E-state index in [-0.39, 0.29) is 17.7 Å². The number of carbonyl (C=O) groups excluding carboxylic acids is 1. The van der Waals surface area contributed by atoms with Crippen molar-refractivity contribution in [2.45, 2.75) is 67.2 Å². The summed E-state index contributed by atoms with van der Waals surface area (Å²) in [6.45, 7) is 13.5. The maximum absolute atomic E-state index is 13.4. The summed E-state index contributed by atoms with van der Waals surface area (Å²) >= 11 is 0. The van der Waals surface area contributed by atoms with Crippen LogP contribution in [-0.2, 0) is 4.79 Å². The molecule has 0 saturated carbocycles. The lowest BCUT2D eigenvalue weighted by atomic mass is 10.1. The Balaban J connectivity index is 2.83. The van der Waals surface area contributed by atoms with Crippen molar-refractivity contribution < 1.29 is 9.44 Å². The molecule has 1 atom stereocenters. The number of hydroxylamine groups is 3. The van der Waals surface area contributed by atoms with E-state index in [1.807, 2.05) is 33.8 Å². The van der Waals surface area contributed by atoms with Gasteiger partial charge in [-0.15, -0.1) is 0 Å². The second-order valence-corrected chi connectivity index (χ2v) is 11.8. The summed E-state index contributed by atoms with van der Waals surface area (Å²) in [7, 11) is -0.607. The van der Waals surface area contributed by atoms with Crippen LogP contribution in [-0.4, -0.2) is 36.0 Å². The smallest absolute Gasteiger partial charge is 0.318 e. The lowest BCUT2D eigenvalue weighted by molar-refractivity contribution is -0.810. The zero-order chi connectivity index (χ0) is 21.2. The summed E-state index contributed by atoms with van der Waals surface area (Å²) in [5.41, 5.74) is 0. The van der Waals surface area contributed by atoms with Crippen LogP contribution < -0.4 is 5.30 Å².